The molecule has 0 aliphatic heterocycles. The largest absolute Gasteiger partial charge is 0.508 e. The molecule has 4 N–H and O–H groups in total. The van der Waals surface area contributed by atoms with Crippen molar-refractivity contribution in [1.29, 1.82) is 0 Å². The maximum atomic E-state index is 11.8. The molecule has 0 aliphatic carbocycles. The predicted octanol–water partition coefficient (Wildman–Crippen LogP) is 2.03. The number of carbonyl (C=O) groups is 1. The molecule has 0 aromatic heterocycles. The number of aromatic hydroxyl groups is 1. The summed E-state index contributed by atoms with van der Waals surface area (Å²) >= 11 is 0. The summed E-state index contributed by atoms with van der Waals surface area (Å²) in [4.78, 5) is 11.8. The van der Waals surface area contributed by atoms with E-state index in [2.05, 4.69) is 10.6 Å². The van der Waals surface area contributed by atoms with Gasteiger partial charge in [-0.1, -0.05) is 26.0 Å². The number of hydrogen-bond acceptors (Lipinski definition) is 3. The third-order valence-corrected chi connectivity index (χ3v) is 3.71. The molecule has 118 valence electrons. The fraction of sp³-hybridized carbons (Fsp3) is 0.562. The number of urea groups is 1. The van der Waals surface area contributed by atoms with E-state index in [9.17, 15) is 15.0 Å². The molecule has 1 aromatic rings. The van der Waals surface area contributed by atoms with Crippen LogP contribution in [0.1, 0.15) is 33.3 Å². The van der Waals surface area contributed by atoms with Gasteiger partial charge in [0.05, 0.1) is 5.60 Å². The smallest absolute Gasteiger partial charge is 0.315 e. The van der Waals surface area contributed by atoms with Crippen molar-refractivity contribution in [2.24, 2.45) is 5.92 Å². The summed E-state index contributed by atoms with van der Waals surface area (Å²) in [6.45, 7) is 7.65. The van der Waals surface area contributed by atoms with Crippen LogP contribution in [-0.2, 0) is 6.42 Å². The van der Waals surface area contributed by atoms with Gasteiger partial charge in [-0.05, 0) is 43.9 Å². The van der Waals surface area contributed by atoms with Gasteiger partial charge in [-0.3, -0.25) is 0 Å². The SMILES string of the molecule is CC(Cc1ccc(O)cc1)NC(=O)NCC(C)(O)C(C)C. The number of carbonyl (C=O) groups excluding carboxylic acids is 1. The van der Waals surface area contributed by atoms with Gasteiger partial charge >= 0.3 is 6.03 Å². The normalized spacial score (nSPS) is 15.3. The summed E-state index contributed by atoms with van der Waals surface area (Å²) in [5, 5.41) is 24.8. The van der Waals surface area contributed by atoms with E-state index in [1.165, 1.54) is 0 Å². The maximum Gasteiger partial charge on any atom is 0.315 e. The summed E-state index contributed by atoms with van der Waals surface area (Å²) in [5.41, 5.74) is 0.118. The van der Waals surface area contributed by atoms with Crippen molar-refractivity contribution in [2.45, 2.75) is 45.8 Å². The van der Waals surface area contributed by atoms with Crippen LogP contribution in [0, 0.1) is 5.92 Å². The van der Waals surface area contributed by atoms with Crippen LogP contribution < -0.4 is 10.6 Å². The van der Waals surface area contributed by atoms with E-state index in [1.54, 1.807) is 19.1 Å². The zero-order chi connectivity index (χ0) is 16.0. The van der Waals surface area contributed by atoms with E-state index in [4.69, 9.17) is 0 Å². The van der Waals surface area contributed by atoms with Gasteiger partial charge in [0, 0.05) is 12.6 Å². The molecule has 1 aromatic carbocycles. The van der Waals surface area contributed by atoms with Gasteiger partial charge in [0.25, 0.3) is 0 Å². The van der Waals surface area contributed by atoms with Crippen molar-refractivity contribution in [3.8, 4) is 5.75 Å². The van der Waals surface area contributed by atoms with Crippen LogP contribution in [0.15, 0.2) is 24.3 Å². The van der Waals surface area contributed by atoms with Crippen molar-refractivity contribution in [3.63, 3.8) is 0 Å². The van der Waals surface area contributed by atoms with Crippen LogP contribution in [0.3, 0.4) is 0 Å². The summed E-state index contributed by atoms with van der Waals surface area (Å²) in [7, 11) is 0. The van der Waals surface area contributed by atoms with Crippen LogP contribution in [0.25, 0.3) is 0 Å². The highest BCUT2D eigenvalue weighted by Crippen LogP contribution is 2.14. The molecule has 0 aliphatic rings. The lowest BCUT2D eigenvalue weighted by Crippen LogP contribution is -2.49. The first-order valence-electron chi connectivity index (χ1n) is 7.25. The van der Waals surface area contributed by atoms with Gasteiger partial charge in [0.15, 0.2) is 0 Å². The van der Waals surface area contributed by atoms with E-state index in [0.717, 1.165) is 5.56 Å². The van der Waals surface area contributed by atoms with Gasteiger partial charge in [-0.2, -0.15) is 0 Å². The Morgan fingerprint density at radius 3 is 2.33 bits per heavy atom. The molecule has 2 amide bonds. The van der Waals surface area contributed by atoms with Crippen molar-refractivity contribution in [3.05, 3.63) is 29.8 Å². The Morgan fingerprint density at radius 1 is 1.24 bits per heavy atom. The minimum Gasteiger partial charge on any atom is -0.508 e. The zero-order valence-corrected chi connectivity index (χ0v) is 13.2. The highest BCUT2D eigenvalue weighted by molar-refractivity contribution is 5.74. The highest BCUT2D eigenvalue weighted by Gasteiger charge is 2.25. The Bertz CT molecular complexity index is 455. The van der Waals surface area contributed by atoms with Crippen LogP contribution >= 0.6 is 0 Å². The molecule has 0 bridgehead atoms. The molecule has 0 radical (unpaired) electrons. The summed E-state index contributed by atoms with van der Waals surface area (Å²) in [5.74, 6) is 0.292. The van der Waals surface area contributed by atoms with Crippen LogP contribution in [0.2, 0.25) is 0 Å². The predicted molar refractivity (Wildman–Crippen MR) is 83.3 cm³/mol. The molecular weight excluding hydrogens is 268 g/mol. The molecule has 5 heteroatoms. The van der Waals surface area contributed by atoms with Gasteiger partial charge < -0.3 is 20.8 Å². The Balaban J connectivity index is 2.39. The number of aliphatic hydroxyl groups is 1. The third-order valence-electron chi connectivity index (χ3n) is 3.71. The van der Waals surface area contributed by atoms with Gasteiger partial charge in [0.2, 0.25) is 0 Å². The number of benzene rings is 1. The molecule has 21 heavy (non-hydrogen) atoms. The van der Waals surface area contributed by atoms with Crippen molar-refractivity contribution in [1.82, 2.24) is 10.6 Å². The average molecular weight is 294 g/mol. The number of phenolic OH excluding ortho intramolecular Hbond substituents is 1. The summed E-state index contributed by atoms with van der Waals surface area (Å²) < 4.78 is 0. The molecule has 0 spiro atoms. The molecule has 1 rings (SSSR count). The van der Waals surface area contributed by atoms with Crippen LogP contribution in [0.4, 0.5) is 4.79 Å². The maximum absolute atomic E-state index is 11.8. The first-order chi connectivity index (χ1) is 9.70. The van der Waals surface area contributed by atoms with Crippen molar-refractivity contribution < 1.29 is 15.0 Å². The Kier molecular flexibility index (Phi) is 6.03. The topological polar surface area (TPSA) is 81.6 Å². The van der Waals surface area contributed by atoms with E-state index >= 15 is 0 Å². The molecule has 0 heterocycles. The highest BCUT2D eigenvalue weighted by atomic mass is 16.3. The second-order valence-corrected chi connectivity index (χ2v) is 6.11. The van der Waals surface area contributed by atoms with Crippen molar-refractivity contribution in [2.75, 3.05) is 6.54 Å². The molecule has 0 fully saturated rings. The van der Waals surface area contributed by atoms with Gasteiger partial charge in [-0.15, -0.1) is 0 Å². The van der Waals surface area contributed by atoms with E-state index in [0.29, 0.717) is 6.42 Å². The van der Waals surface area contributed by atoms with E-state index in [1.807, 2.05) is 32.9 Å². The number of rotatable bonds is 6. The molecular formula is C16H26N2O3. The first-order valence-corrected chi connectivity index (χ1v) is 7.25. The fourth-order valence-corrected chi connectivity index (χ4v) is 1.77. The molecule has 0 saturated carbocycles. The van der Waals surface area contributed by atoms with Gasteiger partial charge in [0.1, 0.15) is 5.75 Å². The summed E-state index contributed by atoms with van der Waals surface area (Å²) in [6, 6.07) is 6.58. The first kappa shape index (κ1) is 17.3. The lowest BCUT2D eigenvalue weighted by Gasteiger charge is -2.28. The second-order valence-electron chi connectivity index (χ2n) is 6.11. The zero-order valence-electron chi connectivity index (χ0n) is 13.2. The number of nitrogens with one attached hydrogen (secondary N) is 2. The lowest BCUT2D eigenvalue weighted by atomic mass is 9.93. The minimum atomic E-state index is -0.919. The number of amides is 2. The quantitative estimate of drug-likeness (QED) is 0.648. The minimum absolute atomic E-state index is 0.0430. The molecule has 0 saturated heterocycles. The standard InChI is InChI=1S/C16H26N2O3/c1-11(2)16(4,21)10-17-15(20)18-12(3)9-13-5-7-14(19)8-6-13/h5-8,11-12,19,21H,9-10H2,1-4H3,(H2,17,18,20). The average Bonchev–Trinajstić information content (AvgIpc) is 2.39. The van der Waals surface area contributed by atoms with E-state index < -0.39 is 5.60 Å². The molecule has 5 nitrogen and oxygen atoms in total. The fourth-order valence-electron chi connectivity index (χ4n) is 1.77. The molecule has 2 atom stereocenters. The van der Waals surface area contributed by atoms with Crippen molar-refractivity contribution >= 4 is 6.03 Å². The molecule has 2 unspecified atom stereocenters. The van der Waals surface area contributed by atoms with Crippen LogP contribution in [-0.4, -0.2) is 34.4 Å². The second kappa shape index (κ2) is 7.31. The Labute approximate surface area is 126 Å². The third kappa shape index (κ3) is 6.04. The monoisotopic (exact) mass is 294 g/mol. The Morgan fingerprint density at radius 2 is 1.81 bits per heavy atom. The summed E-state index contributed by atoms with van der Waals surface area (Å²) in [6.07, 6.45) is 0.675. The number of hydrogen-bond donors (Lipinski definition) is 4. The lowest BCUT2D eigenvalue weighted by molar-refractivity contribution is 0.0165. The van der Waals surface area contributed by atoms with E-state index in [-0.39, 0.29) is 30.3 Å². The Hall–Kier alpha value is -1.75. The van der Waals surface area contributed by atoms with Gasteiger partial charge in [-0.25, -0.2) is 4.79 Å². The van der Waals surface area contributed by atoms with Crippen LogP contribution in [0.5, 0.6) is 5.75 Å². The number of phenols is 1.